The molecule has 14 heavy (non-hydrogen) atoms. The number of nitrogens with one attached hydrogen (secondary N) is 2. The van der Waals surface area contributed by atoms with E-state index in [-0.39, 0.29) is 6.54 Å². The minimum atomic E-state index is -1.28. The van der Waals surface area contributed by atoms with E-state index >= 15 is 0 Å². The average Bonchev–Trinajstić information content (AvgIpc) is 1.99. The quantitative estimate of drug-likeness (QED) is 0.711. The molecule has 0 heterocycles. The van der Waals surface area contributed by atoms with Gasteiger partial charge < -0.3 is 15.7 Å². The molecule has 0 radical (unpaired) electrons. The van der Waals surface area contributed by atoms with Gasteiger partial charge in [-0.25, -0.2) is 9.59 Å². The maximum absolute atomic E-state index is 11.1. The molecule has 0 unspecified atom stereocenters. The fourth-order valence-electron chi connectivity index (χ4n) is 0.558. The Bertz CT molecular complexity index is 263. The lowest BCUT2D eigenvalue weighted by Crippen LogP contribution is -2.53. The first-order valence-electron chi connectivity index (χ1n) is 3.88. The van der Waals surface area contributed by atoms with Crippen LogP contribution in [0.15, 0.2) is 11.1 Å². The summed E-state index contributed by atoms with van der Waals surface area (Å²) in [7, 11) is 0. The first-order chi connectivity index (χ1) is 6.25. The van der Waals surface area contributed by atoms with Crippen LogP contribution in [0.5, 0.6) is 0 Å². The maximum atomic E-state index is 11.1. The molecule has 0 saturated carbocycles. The number of carboxylic acids is 1. The summed E-state index contributed by atoms with van der Waals surface area (Å²) < 4.78 is 0.612. The van der Waals surface area contributed by atoms with Crippen LogP contribution in [0, 0.1) is 0 Å². The van der Waals surface area contributed by atoms with Crippen molar-refractivity contribution in [2.24, 2.45) is 0 Å². The van der Waals surface area contributed by atoms with E-state index in [1.54, 1.807) is 0 Å². The van der Waals surface area contributed by atoms with E-state index in [9.17, 15) is 9.59 Å². The van der Waals surface area contributed by atoms with E-state index in [1.807, 2.05) is 0 Å². The highest BCUT2D eigenvalue weighted by atomic mass is 79.9. The zero-order valence-electron chi connectivity index (χ0n) is 8.06. The number of halogens is 1. The standard InChI is InChI=1S/C8H13BrN2O3/c1-5(9)4-10-7(14)11-8(2,3)6(12)13/h1,4H2,2-3H3,(H,12,13)(H2,10,11,14). The molecule has 0 atom stereocenters. The largest absolute Gasteiger partial charge is 0.480 e. The second-order valence-electron chi connectivity index (χ2n) is 3.26. The Hall–Kier alpha value is -1.04. The third-order valence-corrected chi connectivity index (χ3v) is 1.68. The third kappa shape index (κ3) is 4.86. The zero-order valence-corrected chi connectivity index (χ0v) is 9.64. The van der Waals surface area contributed by atoms with Gasteiger partial charge in [0.1, 0.15) is 5.54 Å². The SMILES string of the molecule is C=C(Br)CNC(=O)NC(C)(C)C(=O)O. The highest BCUT2D eigenvalue weighted by Gasteiger charge is 2.28. The zero-order chi connectivity index (χ0) is 11.4. The summed E-state index contributed by atoms with van der Waals surface area (Å²) in [5, 5.41) is 13.4. The predicted octanol–water partition coefficient (Wildman–Crippen LogP) is 1.06. The van der Waals surface area contributed by atoms with Crippen molar-refractivity contribution in [2.75, 3.05) is 6.54 Å². The molecule has 0 aliphatic rings. The summed E-state index contributed by atoms with van der Waals surface area (Å²) in [5.41, 5.74) is -1.28. The van der Waals surface area contributed by atoms with Crippen molar-refractivity contribution < 1.29 is 14.7 Å². The van der Waals surface area contributed by atoms with Gasteiger partial charge in [0.2, 0.25) is 0 Å². The molecule has 0 aromatic carbocycles. The summed E-state index contributed by atoms with van der Waals surface area (Å²) >= 11 is 3.06. The lowest BCUT2D eigenvalue weighted by molar-refractivity contribution is -0.142. The Kier molecular flexibility index (Phi) is 4.62. The highest BCUT2D eigenvalue weighted by Crippen LogP contribution is 2.01. The van der Waals surface area contributed by atoms with Gasteiger partial charge in [-0.3, -0.25) is 0 Å². The lowest BCUT2D eigenvalue weighted by atomic mass is 10.1. The van der Waals surface area contributed by atoms with Crippen LogP contribution in [0.3, 0.4) is 0 Å². The summed E-state index contributed by atoms with van der Waals surface area (Å²) in [6.07, 6.45) is 0. The van der Waals surface area contributed by atoms with Crippen LogP contribution in [-0.4, -0.2) is 29.2 Å². The van der Waals surface area contributed by atoms with Gasteiger partial charge in [-0.2, -0.15) is 0 Å². The molecule has 0 bridgehead atoms. The van der Waals surface area contributed by atoms with Gasteiger partial charge in [-0.05, 0) is 13.8 Å². The van der Waals surface area contributed by atoms with Crippen molar-refractivity contribution in [3.63, 3.8) is 0 Å². The molecule has 0 saturated heterocycles. The van der Waals surface area contributed by atoms with Crippen molar-refractivity contribution in [3.8, 4) is 0 Å². The molecule has 0 rings (SSSR count). The molecule has 0 aliphatic heterocycles. The van der Waals surface area contributed by atoms with Gasteiger partial charge in [-0.15, -0.1) is 0 Å². The maximum Gasteiger partial charge on any atom is 0.328 e. The lowest BCUT2D eigenvalue weighted by Gasteiger charge is -2.21. The molecule has 3 N–H and O–H groups in total. The van der Waals surface area contributed by atoms with Crippen molar-refractivity contribution in [1.29, 1.82) is 0 Å². The third-order valence-electron chi connectivity index (χ3n) is 1.40. The number of hydrogen-bond donors (Lipinski definition) is 3. The minimum absolute atomic E-state index is 0.252. The van der Waals surface area contributed by atoms with Gasteiger partial charge in [0.05, 0.1) is 6.54 Å². The Morgan fingerprint density at radius 2 is 2.00 bits per heavy atom. The number of rotatable bonds is 4. The molecule has 5 nitrogen and oxygen atoms in total. The number of aliphatic carboxylic acids is 1. The first-order valence-corrected chi connectivity index (χ1v) is 4.67. The van der Waals surface area contributed by atoms with Crippen LogP contribution in [0.2, 0.25) is 0 Å². The molecule has 0 spiro atoms. The molecular weight excluding hydrogens is 252 g/mol. The molecule has 0 aliphatic carbocycles. The monoisotopic (exact) mass is 264 g/mol. The fraction of sp³-hybridized carbons (Fsp3) is 0.500. The number of carbonyl (C=O) groups excluding carboxylic acids is 1. The second kappa shape index (κ2) is 4.99. The summed E-state index contributed by atoms with van der Waals surface area (Å²) in [5.74, 6) is -1.09. The predicted molar refractivity (Wildman–Crippen MR) is 56.3 cm³/mol. The second-order valence-corrected chi connectivity index (χ2v) is 4.38. The molecular formula is C8H13BrN2O3. The molecule has 6 heteroatoms. The number of urea groups is 1. The number of carbonyl (C=O) groups is 2. The number of hydrogen-bond acceptors (Lipinski definition) is 2. The Morgan fingerprint density at radius 3 is 2.36 bits per heavy atom. The van der Waals surface area contributed by atoms with Gasteiger partial charge in [-0.1, -0.05) is 22.5 Å². The Morgan fingerprint density at radius 1 is 1.50 bits per heavy atom. The summed E-state index contributed by atoms with van der Waals surface area (Å²) in [6.45, 7) is 6.57. The van der Waals surface area contributed by atoms with E-state index in [0.29, 0.717) is 4.48 Å². The van der Waals surface area contributed by atoms with Gasteiger partial charge in [0.25, 0.3) is 0 Å². The van der Waals surface area contributed by atoms with Crippen LogP contribution in [-0.2, 0) is 4.79 Å². The molecule has 0 aromatic rings. The van der Waals surface area contributed by atoms with Gasteiger partial charge >= 0.3 is 12.0 Å². The van der Waals surface area contributed by atoms with Crippen molar-refractivity contribution in [3.05, 3.63) is 11.1 Å². The molecule has 0 aromatic heterocycles. The topological polar surface area (TPSA) is 78.4 Å². The van der Waals surface area contributed by atoms with Gasteiger partial charge in [0.15, 0.2) is 0 Å². The number of carboxylic acid groups (broad SMARTS) is 1. The van der Waals surface area contributed by atoms with Crippen molar-refractivity contribution >= 4 is 27.9 Å². The van der Waals surface area contributed by atoms with E-state index in [0.717, 1.165) is 0 Å². The molecule has 0 fully saturated rings. The first kappa shape index (κ1) is 13.0. The van der Waals surface area contributed by atoms with E-state index in [1.165, 1.54) is 13.8 Å². The average molecular weight is 265 g/mol. The number of amides is 2. The van der Waals surface area contributed by atoms with Crippen LogP contribution in [0.4, 0.5) is 4.79 Å². The Labute approximate surface area is 90.7 Å². The summed E-state index contributed by atoms with van der Waals surface area (Å²) in [4.78, 5) is 21.7. The van der Waals surface area contributed by atoms with Crippen molar-refractivity contribution in [2.45, 2.75) is 19.4 Å². The van der Waals surface area contributed by atoms with E-state index in [2.05, 4.69) is 33.1 Å². The fourth-order valence-corrected chi connectivity index (χ4v) is 0.698. The van der Waals surface area contributed by atoms with Crippen LogP contribution >= 0.6 is 15.9 Å². The minimum Gasteiger partial charge on any atom is -0.480 e. The highest BCUT2D eigenvalue weighted by molar-refractivity contribution is 9.11. The van der Waals surface area contributed by atoms with Gasteiger partial charge in [0, 0.05) is 4.48 Å². The molecule has 80 valence electrons. The molecule has 2 amide bonds. The van der Waals surface area contributed by atoms with Crippen molar-refractivity contribution in [1.82, 2.24) is 10.6 Å². The smallest absolute Gasteiger partial charge is 0.328 e. The Balaban J connectivity index is 4.06. The van der Waals surface area contributed by atoms with E-state index < -0.39 is 17.5 Å². The normalized spacial score (nSPS) is 10.5. The van der Waals surface area contributed by atoms with Crippen LogP contribution < -0.4 is 10.6 Å². The van der Waals surface area contributed by atoms with E-state index in [4.69, 9.17) is 5.11 Å². The van der Waals surface area contributed by atoms with Crippen LogP contribution in [0.25, 0.3) is 0 Å². The summed E-state index contributed by atoms with van der Waals surface area (Å²) in [6, 6.07) is -0.544. The van der Waals surface area contributed by atoms with Crippen LogP contribution in [0.1, 0.15) is 13.8 Å².